The molecule has 74 valence electrons. The van der Waals surface area contributed by atoms with Crippen LogP contribution in [0.3, 0.4) is 0 Å². The first-order chi connectivity index (χ1) is 6.68. The minimum absolute atomic E-state index is 0.584. The molecular weight excluding hydrogens is 202 g/mol. The van der Waals surface area contributed by atoms with E-state index >= 15 is 0 Å². The van der Waals surface area contributed by atoms with Crippen LogP contribution >= 0.6 is 11.6 Å². The second-order valence-electron chi connectivity index (χ2n) is 2.68. The molecule has 2 N–H and O–H groups in total. The van der Waals surface area contributed by atoms with Crippen molar-refractivity contribution in [1.29, 1.82) is 0 Å². The predicted octanol–water partition coefficient (Wildman–Crippen LogP) is 2.03. The maximum atomic E-state index is 10.1. The molecule has 0 aliphatic carbocycles. The molecule has 0 fully saturated rings. The molecule has 14 heavy (non-hydrogen) atoms. The average molecular weight is 212 g/mol. The van der Waals surface area contributed by atoms with Crippen LogP contribution in [0, 0.1) is 0 Å². The molecule has 4 heteroatoms. The van der Waals surface area contributed by atoms with E-state index in [1.165, 1.54) is 6.20 Å². The quantitative estimate of drug-likeness (QED) is 0.750. The van der Waals surface area contributed by atoms with Crippen LogP contribution in [0.5, 0.6) is 0 Å². The molecule has 0 radical (unpaired) electrons. The highest BCUT2D eigenvalue weighted by Crippen LogP contribution is 2.08. The number of carboxylic acids is 1. The summed E-state index contributed by atoms with van der Waals surface area (Å²) in [4.78, 5) is 10.1. The Morgan fingerprint density at radius 2 is 2.07 bits per heavy atom. The van der Waals surface area contributed by atoms with Crippen molar-refractivity contribution in [1.82, 2.24) is 5.32 Å². The number of carboxylic acid groups (broad SMARTS) is 1. The zero-order valence-electron chi connectivity index (χ0n) is 7.40. The average Bonchev–Trinajstić information content (AvgIpc) is 2.15. The zero-order chi connectivity index (χ0) is 10.4. The number of halogens is 1. The van der Waals surface area contributed by atoms with Gasteiger partial charge in [0.1, 0.15) is 0 Å². The largest absolute Gasteiger partial charge is 0.478 e. The van der Waals surface area contributed by atoms with Crippen molar-refractivity contribution in [3.63, 3.8) is 0 Å². The lowest BCUT2D eigenvalue weighted by Crippen LogP contribution is -2.05. The topological polar surface area (TPSA) is 49.3 Å². The molecule has 0 atom stereocenters. The van der Waals surface area contributed by atoms with Crippen molar-refractivity contribution in [2.45, 2.75) is 6.54 Å². The second-order valence-corrected chi connectivity index (χ2v) is 3.12. The van der Waals surface area contributed by atoms with Gasteiger partial charge in [0.2, 0.25) is 0 Å². The SMILES string of the molecule is O=C(O)/C=C/NCc1ccc(Cl)cc1. The Balaban J connectivity index is 2.39. The first-order valence-electron chi connectivity index (χ1n) is 4.06. The van der Waals surface area contributed by atoms with Crippen LogP contribution in [0.25, 0.3) is 0 Å². The third-order valence-corrected chi connectivity index (χ3v) is 1.82. The van der Waals surface area contributed by atoms with Crippen molar-refractivity contribution in [2.75, 3.05) is 0 Å². The number of hydrogen-bond acceptors (Lipinski definition) is 2. The van der Waals surface area contributed by atoms with Crippen molar-refractivity contribution in [3.05, 3.63) is 47.1 Å². The molecule has 0 heterocycles. The van der Waals surface area contributed by atoms with Gasteiger partial charge in [0.25, 0.3) is 0 Å². The highest BCUT2D eigenvalue weighted by Gasteiger charge is 1.90. The Morgan fingerprint density at radius 3 is 2.64 bits per heavy atom. The summed E-state index contributed by atoms with van der Waals surface area (Å²) < 4.78 is 0. The van der Waals surface area contributed by atoms with E-state index in [4.69, 9.17) is 16.7 Å². The van der Waals surface area contributed by atoms with E-state index in [2.05, 4.69) is 5.32 Å². The van der Waals surface area contributed by atoms with E-state index in [0.29, 0.717) is 11.6 Å². The summed E-state index contributed by atoms with van der Waals surface area (Å²) in [6.45, 7) is 0.584. The lowest BCUT2D eigenvalue weighted by atomic mass is 10.2. The molecule has 0 aromatic heterocycles. The molecule has 0 spiro atoms. The molecule has 0 bridgehead atoms. The third kappa shape index (κ3) is 3.96. The number of aliphatic carboxylic acids is 1. The molecule has 3 nitrogen and oxygen atoms in total. The van der Waals surface area contributed by atoms with Gasteiger partial charge in [0.05, 0.1) is 0 Å². The predicted molar refractivity (Wildman–Crippen MR) is 55.1 cm³/mol. The molecule has 0 unspecified atom stereocenters. The summed E-state index contributed by atoms with van der Waals surface area (Å²) in [6, 6.07) is 7.34. The molecule has 0 saturated heterocycles. The monoisotopic (exact) mass is 211 g/mol. The Labute approximate surface area is 87.0 Å². The van der Waals surface area contributed by atoms with Crippen molar-refractivity contribution < 1.29 is 9.90 Å². The Kier molecular flexibility index (Phi) is 4.01. The number of rotatable bonds is 4. The summed E-state index contributed by atoms with van der Waals surface area (Å²) in [5.74, 6) is -0.964. The fourth-order valence-electron chi connectivity index (χ4n) is 0.909. The van der Waals surface area contributed by atoms with E-state index in [0.717, 1.165) is 11.6 Å². The number of benzene rings is 1. The fraction of sp³-hybridized carbons (Fsp3) is 0.100. The van der Waals surface area contributed by atoms with Crippen LogP contribution in [-0.4, -0.2) is 11.1 Å². The summed E-state index contributed by atoms with van der Waals surface area (Å²) in [5.41, 5.74) is 1.05. The molecule has 1 aromatic carbocycles. The number of carbonyl (C=O) groups is 1. The molecule has 0 aliphatic heterocycles. The van der Waals surface area contributed by atoms with Crippen LogP contribution in [-0.2, 0) is 11.3 Å². The third-order valence-electron chi connectivity index (χ3n) is 1.56. The normalized spacial score (nSPS) is 10.4. The Hall–Kier alpha value is -1.48. The van der Waals surface area contributed by atoms with Crippen LogP contribution in [0.15, 0.2) is 36.5 Å². The molecule has 1 rings (SSSR count). The van der Waals surface area contributed by atoms with Gasteiger partial charge in [-0.15, -0.1) is 0 Å². The Bertz CT molecular complexity index is 332. The van der Waals surface area contributed by atoms with Gasteiger partial charge in [0.15, 0.2) is 0 Å². The second kappa shape index (κ2) is 5.29. The van der Waals surface area contributed by atoms with E-state index in [1.807, 2.05) is 12.1 Å². The maximum absolute atomic E-state index is 10.1. The van der Waals surface area contributed by atoms with Gasteiger partial charge in [-0.3, -0.25) is 0 Å². The van der Waals surface area contributed by atoms with Crippen molar-refractivity contribution in [2.24, 2.45) is 0 Å². The van der Waals surface area contributed by atoms with Gasteiger partial charge in [-0.05, 0) is 17.7 Å². The molecule has 0 aliphatic rings. The summed E-state index contributed by atoms with van der Waals surface area (Å²) in [6.07, 6.45) is 2.45. The first-order valence-corrected chi connectivity index (χ1v) is 4.43. The van der Waals surface area contributed by atoms with Crippen molar-refractivity contribution in [3.8, 4) is 0 Å². The van der Waals surface area contributed by atoms with Crippen molar-refractivity contribution >= 4 is 17.6 Å². The summed E-state index contributed by atoms with van der Waals surface area (Å²) in [7, 11) is 0. The van der Waals surface area contributed by atoms with Crippen LogP contribution in [0.2, 0.25) is 5.02 Å². The smallest absolute Gasteiger partial charge is 0.329 e. The van der Waals surface area contributed by atoms with E-state index in [-0.39, 0.29) is 0 Å². The highest BCUT2D eigenvalue weighted by molar-refractivity contribution is 6.30. The van der Waals surface area contributed by atoms with Gasteiger partial charge < -0.3 is 10.4 Å². The van der Waals surface area contributed by atoms with E-state index in [1.54, 1.807) is 12.1 Å². The first kappa shape index (κ1) is 10.6. The lowest BCUT2D eigenvalue weighted by molar-refractivity contribution is -0.131. The fourth-order valence-corrected chi connectivity index (χ4v) is 1.04. The standard InChI is InChI=1S/C10H10ClNO2/c11-9-3-1-8(2-4-9)7-12-6-5-10(13)14/h1-6,12H,7H2,(H,13,14)/b6-5+. The minimum atomic E-state index is -0.964. The summed E-state index contributed by atoms with van der Waals surface area (Å²) in [5, 5.41) is 11.8. The van der Waals surface area contributed by atoms with Crippen LogP contribution in [0.4, 0.5) is 0 Å². The molecule has 0 saturated carbocycles. The van der Waals surface area contributed by atoms with E-state index in [9.17, 15) is 4.79 Å². The lowest BCUT2D eigenvalue weighted by Gasteiger charge is -2.00. The van der Waals surface area contributed by atoms with Gasteiger partial charge in [0, 0.05) is 23.8 Å². The highest BCUT2D eigenvalue weighted by atomic mass is 35.5. The Morgan fingerprint density at radius 1 is 1.43 bits per heavy atom. The number of nitrogens with one attached hydrogen (secondary N) is 1. The maximum Gasteiger partial charge on any atom is 0.329 e. The molecule has 1 aromatic rings. The van der Waals surface area contributed by atoms with Gasteiger partial charge >= 0.3 is 5.97 Å². The number of hydrogen-bond donors (Lipinski definition) is 2. The minimum Gasteiger partial charge on any atom is -0.478 e. The molecule has 0 amide bonds. The van der Waals surface area contributed by atoms with Gasteiger partial charge in [-0.2, -0.15) is 0 Å². The van der Waals surface area contributed by atoms with Crippen LogP contribution < -0.4 is 5.32 Å². The van der Waals surface area contributed by atoms with Crippen LogP contribution in [0.1, 0.15) is 5.56 Å². The van der Waals surface area contributed by atoms with Gasteiger partial charge in [-0.25, -0.2) is 4.79 Å². The van der Waals surface area contributed by atoms with E-state index < -0.39 is 5.97 Å². The zero-order valence-corrected chi connectivity index (χ0v) is 8.16. The van der Waals surface area contributed by atoms with Gasteiger partial charge in [-0.1, -0.05) is 23.7 Å². The molecular formula is C10H10ClNO2. The summed E-state index contributed by atoms with van der Waals surface area (Å²) >= 11 is 5.70.